The van der Waals surface area contributed by atoms with Crippen LogP contribution in [0.4, 0.5) is 10.1 Å². The lowest BCUT2D eigenvalue weighted by molar-refractivity contribution is -0.131. The van der Waals surface area contributed by atoms with Crippen molar-refractivity contribution in [2.45, 2.75) is 12.8 Å². The topological polar surface area (TPSA) is 61.4 Å². The van der Waals surface area contributed by atoms with Crippen LogP contribution < -0.4 is 10.6 Å². The first-order valence-corrected chi connectivity index (χ1v) is 6.69. The largest absolute Gasteiger partial charge is 0.376 e. The van der Waals surface area contributed by atoms with E-state index in [1.54, 1.807) is 17.0 Å². The van der Waals surface area contributed by atoms with Gasteiger partial charge in [0.25, 0.3) is 0 Å². The molecule has 0 radical (unpaired) electrons. The molecular weight excluding hydrogens is 261 g/mol. The molecule has 1 aliphatic heterocycles. The van der Waals surface area contributed by atoms with Crippen LogP contribution in [0.2, 0.25) is 0 Å². The zero-order valence-corrected chi connectivity index (χ0v) is 11.2. The molecule has 108 valence electrons. The van der Waals surface area contributed by atoms with E-state index in [0.29, 0.717) is 5.69 Å². The van der Waals surface area contributed by atoms with Crippen LogP contribution in [0.25, 0.3) is 0 Å². The lowest BCUT2D eigenvalue weighted by Gasteiger charge is -2.15. The highest BCUT2D eigenvalue weighted by molar-refractivity contribution is 5.86. The first kappa shape index (κ1) is 14.3. The molecule has 5 nitrogen and oxygen atoms in total. The summed E-state index contributed by atoms with van der Waals surface area (Å²) in [5.41, 5.74) is 0.660. The molecule has 1 fully saturated rings. The summed E-state index contributed by atoms with van der Waals surface area (Å²) in [4.78, 5) is 25.1. The predicted octanol–water partition coefficient (Wildman–Crippen LogP) is 0.976. The molecule has 0 aliphatic carbocycles. The van der Waals surface area contributed by atoms with Gasteiger partial charge < -0.3 is 15.5 Å². The summed E-state index contributed by atoms with van der Waals surface area (Å²) < 4.78 is 12.7. The van der Waals surface area contributed by atoms with Crippen molar-refractivity contribution in [1.82, 2.24) is 10.2 Å². The van der Waals surface area contributed by atoms with Gasteiger partial charge in [0.1, 0.15) is 5.82 Å². The highest BCUT2D eigenvalue weighted by Crippen LogP contribution is 2.08. The van der Waals surface area contributed by atoms with E-state index in [9.17, 15) is 14.0 Å². The molecule has 1 aromatic rings. The zero-order valence-electron chi connectivity index (χ0n) is 11.2. The average Bonchev–Trinajstić information content (AvgIpc) is 2.98. The molecule has 0 atom stereocenters. The summed E-state index contributed by atoms with van der Waals surface area (Å²) in [7, 11) is 0. The molecule has 1 saturated heterocycles. The quantitative estimate of drug-likeness (QED) is 0.844. The molecule has 0 saturated carbocycles. The number of hydrogen-bond acceptors (Lipinski definition) is 3. The first-order valence-electron chi connectivity index (χ1n) is 6.69. The monoisotopic (exact) mass is 279 g/mol. The van der Waals surface area contributed by atoms with Gasteiger partial charge in [0.15, 0.2) is 0 Å². The highest BCUT2D eigenvalue weighted by Gasteiger charge is 2.17. The lowest BCUT2D eigenvalue weighted by atomic mass is 10.3. The number of nitrogens with zero attached hydrogens (tertiary/aromatic N) is 1. The van der Waals surface area contributed by atoms with E-state index in [1.807, 2.05) is 0 Å². The third kappa shape index (κ3) is 4.22. The van der Waals surface area contributed by atoms with Crippen LogP contribution in [-0.4, -0.2) is 42.9 Å². The van der Waals surface area contributed by atoms with E-state index >= 15 is 0 Å². The fourth-order valence-corrected chi connectivity index (χ4v) is 2.07. The van der Waals surface area contributed by atoms with Crippen LogP contribution >= 0.6 is 0 Å². The number of amides is 2. The van der Waals surface area contributed by atoms with Crippen LogP contribution in [-0.2, 0) is 9.59 Å². The fourth-order valence-electron chi connectivity index (χ4n) is 2.07. The summed E-state index contributed by atoms with van der Waals surface area (Å²) in [5.74, 6) is -0.629. The summed E-state index contributed by atoms with van der Waals surface area (Å²) >= 11 is 0. The molecule has 2 rings (SSSR count). The number of nitrogens with one attached hydrogen (secondary N) is 2. The fraction of sp³-hybridized carbons (Fsp3) is 0.429. The minimum atomic E-state index is -0.323. The van der Waals surface area contributed by atoms with E-state index in [2.05, 4.69) is 10.6 Å². The number of rotatable bonds is 5. The molecule has 1 aliphatic rings. The van der Waals surface area contributed by atoms with Gasteiger partial charge in [-0.25, -0.2) is 4.39 Å². The summed E-state index contributed by atoms with van der Waals surface area (Å²) in [6, 6.07) is 5.74. The number of halogens is 1. The third-order valence-electron chi connectivity index (χ3n) is 3.19. The van der Waals surface area contributed by atoms with Crippen molar-refractivity contribution in [2.24, 2.45) is 0 Å². The second kappa shape index (κ2) is 6.88. The van der Waals surface area contributed by atoms with Crippen LogP contribution in [0.3, 0.4) is 0 Å². The van der Waals surface area contributed by atoms with Gasteiger partial charge in [0.2, 0.25) is 11.8 Å². The third-order valence-corrected chi connectivity index (χ3v) is 3.19. The van der Waals surface area contributed by atoms with Gasteiger partial charge in [-0.05, 0) is 37.1 Å². The van der Waals surface area contributed by atoms with Crippen molar-refractivity contribution in [3.8, 4) is 0 Å². The van der Waals surface area contributed by atoms with E-state index in [1.165, 1.54) is 12.1 Å². The van der Waals surface area contributed by atoms with E-state index < -0.39 is 0 Å². The molecule has 2 N–H and O–H groups in total. The Balaban J connectivity index is 1.67. The zero-order chi connectivity index (χ0) is 14.4. The van der Waals surface area contributed by atoms with E-state index in [0.717, 1.165) is 25.9 Å². The Morgan fingerprint density at radius 3 is 2.40 bits per heavy atom. The van der Waals surface area contributed by atoms with Crippen molar-refractivity contribution < 1.29 is 14.0 Å². The van der Waals surface area contributed by atoms with Crippen molar-refractivity contribution in [3.05, 3.63) is 30.1 Å². The molecule has 20 heavy (non-hydrogen) atoms. The number of benzene rings is 1. The molecular formula is C14H18FN3O2. The molecule has 0 aromatic heterocycles. The van der Waals surface area contributed by atoms with Crippen molar-refractivity contribution in [3.63, 3.8) is 0 Å². The number of likely N-dealkylation sites (tertiary alicyclic amines) is 1. The Morgan fingerprint density at radius 2 is 1.75 bits per heavy atom. The average molecular weight is 279 g/mol. The predicted molar refractivity (Wildman–Crippen MR) is 73.7 cm³/mol. The van der Waals surface area contributed by atoms with Gasteiger partial charge in [-0.15, -0.1) is 0 Å². The first-order chi connectivity index (χ1) is 9.65. The number of hydrogen-bond donors (Lipinski definition) is 2. The Kier molecular flexibility index (Phi) is 4.92. The SMILES string of the molecule is O=C(CNc1ccc(F)cc1)NCC(=O)N1CCCC1. The molecule has 6 heteroatoms. The van der Waals surface area contributed by atoms with E-state index in [4.69, 9.17) is 0 Å². The molecule has 0 unspecified atom stereocenters. The standard InChI is InChI=1S/C14H18FN3O2/c15-11-3-5-12(6-4-11)16-9-13(19)17-10-14(20)18-7-1-2-8-18/h3-6,16H,1-2,7-10H2,(H,17,19). The number of carbonyl (C=O) groups is 2. The molecule has 2 amide bonds. The second-order valence-electron chi connectivity index (χ2n) is 4.73. The lowest BCUT2D eigenvalue weighted by Crippen LogP contribution is -2.40. The second-order valence-corrected chi connectivity index (χ2v) is 4.73. The van der Waals surface area contributed by atoms with Gasteiger partial charge in [-0.1, -0.05) is 0 Å². The van der Waals surface area contributed by atoms with Gasteiger partial charge in [0.05, 0.1) is 13.1 Å². The Labute approximate surface area is 117 Å². The minimum Gasteiger partial charge on any atom is -0.376 e. The summed E-state index contributed by atoms with van der Waals surface area (Å²) in [5, 5.41) is 5.44. The maximum absolute atomic E-state index is 12.7. The van der Waals surface area contributed by atoms with Crippen LogP contribution in [0.1, 0.15) is 12.8 Å². The summed E-state index contributed by atoms with van der Waals surface area (Å²) in [6.45, 7) is 1.65. The molecule has 1 heterocycles. The van der Waals surface area contributed by atoms with Crippen molar-refractivity contribution in [1.29, 1.82) is 0 Å². The van der Waals surface area contributed by atoms with Gasteiger partial charge in [-0.3, -0.25) is 9.59 Å². The Morgan fingerprint density at radius 1 is 1.10 bits per heavy atom. The maximum atomic E-state index is 12.7. The molecule has 1 aromatic carbocycles. The number of carbonyl (C=O) groups excluding carboxylic acids is 2. The molecule has 0 bridgehead atoms. The van der Waals surface area contributed by atoms with Crippen LogP contribution in [0.5, 0.6) is 0 Å². The van der Waals surface area contributed by atoms with Gasteiger partial charge in [-0.2, -0.15) is 0 Å². The van der Waals surface area contributed by atoms with Gasteiger partial charge >= 0.3 is 0 Å². The Hall–Kier alpha value is -2.11. The smallest absolute Gasteiger partial charge is 0.241 e. The van der Waals surface area contributed by atoms with Crippen LogP contribution in [0.15, 0.2) is 24.3 Å². The molecule has 0 spiro atoms. The Bertz CT molecular complexity index is 470. The van der Waals surface area contributed by atoms with Gasteiger partial charge in [0, 0.05) is 18.8 Å². The van der Waals surface area contributed by atoms with E-state index in [-0.39, 0.29) is 30.7 Å². The normalized spacial score (nSPS) is 14.2. The van der Waals surface area contributed by atoms with Crippen LogP contribution in [0, 0.1) is 5.82 Å². The summed E-state index contributed by atoms with van der Waals surface area (Å²) in [6.07, 6.45) is 2.07. The van der Waals surface area contributed by atoms with Crippen molar-refractivity contribution >= 4 is 17.5 Å². The number of anilines is 1. The highest BCUT2D eigenvalue weighted by atomic mass is 19.1. The minimum absolute atomic E-state index is 0.0317. The van der Waals surface area contributed by atoms with Crippen molar-refractivity contribution in [2.75, 3.05) is 31.5 Å². The maximum Gasteiger partial charge on any atom is 0.241 e.